The van der Waals surface area contributed by atoms with Gasteiger partial charge in [0.1, 0.15) is 0 Å². The standard InChI is InChI=1S/C19H24ClN5OS.C6H8O7/c1-23-6-8-24(9-7-23)12-19(26)25-10-16(14-2-4-15(20)5-3-14)17(11-25)18-13-27-22-21-18;7-3(8)1-6(13,5(11)12)2-4(9)10/h2-5,13,16-17H,6-12H2,1H3;13H,1-2H2,(H,7,8)(H,9,10)(H,11,12)/t16-,17+;/m1./s1. The van der Waals surface area contributed by atoms with Crippen LogP contribution in [0.5, 0.6) is 0 Å². The second kappa shape index (κ2) is 13.9. The van der Waals surface area contributed by atoms with Gasteiger partial charge in [0.25, 0.3) is 0 Å². The van der Waals surface area contributed by atoms with E-state index >= 15 is 0 Å². The summed E-state index contributed by atoms with van der Waals surface area (Å²) >= 11 is 7.42. The number of aliphatic hydroxyl groups is 1. The molecule has 2 saturated heterocycles. The molecular weight excluding hydrogens is 566 g/mol. The van der Waals surface area contributed by atoms with Gasteiger partial charge in [-0.3, -0.25) is 19.3 Å². The zero-order chi connectivity index (χ0) is 29.4. The summed E-state index contributed by atoms with van der Waals surface area (Å²) in [6, 6.07) is 7.96. The summed E-state index contributed by atoms with van der Waals surface area (Å²) in [5.41, 5.74) is -0.556. The lowest BCUT2D eigenvalue weighted by atomic mass is 9.87. The van der Waals surface area contributed by atoms with Crippen LogP contribution in [-0.2, 0) is 19.2 Å². The number of nitrogens with zero attached hydrogens (tertiary/aromatic N) is 5. The Morgan fingerprint density at radius 3 is 2.05 bits per heavy atom. The molecule has 15 heteroatoms. The molecule has 0 unspecified atom stereocenters. The Bertz CT molecular complexity index is 1160. The van der Waals surface area contributed by atoms with E-state index in [-0.39, 0.29) is 17.7 Å². The van der Waals surface area contributed by atoms with Crippen molar-refractivity contribution < 1.29 is 39.6 Å². The maximum Gasteiger partial charge on any atom is 0.336 e. The fourth-order valence-electron chi connectivity index (χ4n) is 4.70. The van der Waals surface area contributed by atoms with Crippen molar-refractivity contribution in [3.05, 3.63) is 45.9 Å². The lowest BCUT2D eigenvalue weighted by Gasteiger charge is -2.32. The van der Waals surface area contributed by atoms with Gasteiger partial charge in [-0.2, -0.15) is 0 Å². The Kier molecular flexibility index (Phi) is 10.9. The van der Waals surface area contributed by atoms with Crippen LogP contribution in [0.25, 0.3) is 0 Å². The Morgan fingerprint density at radius 1 is 0.975 bits per heavy atom. The Morgan fingerprint density at radius 2 is 1.55 bits per heavy atom. The molecule has 4 N–H and O–H groups in total. The molecule has 1 aromatic heterocycles. The first-order chi connectivity index (χ1) is 18.9. The first-order valence-electron chi connectivity index (χ1n) is 12.5. The average Bonchev–Trinajstić information content (AvgIpc) is 3.56. The molecule has 0 radical (unpaired) electrons. The van der Waals surface area contributed by atoms with Crippen molar-refractivity contribution in [1.82, 2.24) is 24.3 Å². The van der Waals surface area contributed by atoms with Gasteiger partial charge >= 0.3 is 17.9 Å². The molecule has 13 nitrogen and oxygen atoms in total. The van der Waals surface area contributed by atoms with E-state index in [2.05, 4.69) is 38.6 Å². The molecule has 3 heterocycles. The second-order valence-electron chi connectivity index (χ2n) is 9.95. The number of aromatic nitrogens is 2. The van der Waals surface area contributed by atoms with Crippen LogP contribution in [0.1, 0.15) is 35.9 Å². The Balaban J connectivity index is 0.000000289. The van der Waals surface area contributed by atoms with E-state index in [4.69, 9.17) is 32.0 Å². The van der Waals surface area contributed by atoms with Crippen LogP contribution in [0.3, 0.4) is 0 Å². The predicted molar refractivity (Wildman–Crippen MR) is 144 cm³/mol. The minimum absolute atomic E-state index is 0.182. The predicted octanol–water partition coefficient (Wildman–Crippen LogP) is 0.900. The molecule has 2 aliphatic rings. The van der Waals surface area contributed by atoms with Crippen LogP contribution in [0.2, 0.25) is 5.02 Å². The number of carboxylic acids is 3. The maximum absolute atomic E-state index is 13.0. The van der Waals surface area contributed by atoms with Gasteiger partial charge < -0.3 is 30.2 Å². The van der Waals surface area contributed by atoms with Gasteiger partial charge in [-0.15, -0.1) is 5.10 Å². The molecule has 2 aliphatic heterocycles. The van der Waals surface area contributed by atoms with E-state index < -0.39 is 36.4 Å². The number of carboxylic acid groups (broad SMARTS) is 3. The second-order valence-corrected chi connectivity index (χ2v) is 11.0. The van der Waals surface area contributed by atoms with E-state index in [9.17, 15) is 19.2 Å². The maximum atomic E-state index is 13.0. The van der Waals surface area contributed by atoms with Gasteiger partial charge in [0.2, 0.25) is 5.91 Å². The summed E-state index contributed by atoms with van der Waals surface area (Å²) in [6.45, 7) is 5.87. The van der Waals surface area contributed by atoms with E-state index in [1.54, 1.807) is 0 Å². The normalized spacial score (nSPS) is 20.0. The number of aliphatic carboxylic acids is 3. The van der Waals surface area contributed by atoms with Crippen LogP contribution in [0.4, 0.5) is 0 Å². The molecule has 1 amide bonds. The highest BCUT2D eigenvalue weighted by atomic mass is 35.5. The number of rotatable bonds is 9. The van der Waals surface area contributed by atoms with Crippen LogP contribution < -0.4 is 0 Å². The molecule has 2 aromatic rings. The van der Waals surface area contributed by atoms with E-state index in [0.717, 1.165) is 43.4 Å². The quantitative estimate of drug-likeness (QED) is 0.320. The highest BCUT2D eigenvalue weighted by molar-refractivity contribution is 7.03. The van der Waals surface area contributed by atoms with E-state index in [1.807, 2.05) is 22.4 Å². The van der Waals surface area contributed by atoms with Crippen molar-refractivity contribution in [1.29, 1.82) is 0 Å². The number of amides is 1. The third-order valence-electron chi connectivity index (χ3n) is 6.97. The first kappa shape index (κ1) is 31.4. The summed E-state index contributed by atoms with van der Waals surface area (Å²) < 4.78 is 4.03. The van der Waals surface area contributed by atoms with Crippen LogP contribution in [0, 0.1) is 0 Å². The van der Waals surface area contributed by atoms with Crippen molar-refractivity contribution in [2.75, 3.05) is 52.9 Å². The third kappa shape index (κ3) is 8.66. The minimum Gasteiger partial charge on any atom is -0.481 e. The highest BCUT2D eigenvalue weighted by Crippen LogP contribution is 2.39. The average molecular weight is 598 g/mol. The minimum atomic E-state index is -2.74. The van der Waals surface area contributed by atoms with Crippen molar-refractivity contribution >= 4 is 46.9 Å². The molecule has 0 aliphatic carbocycles. The first-order valence-corrected chi connectivity index (χ1v) is 13.7. The van der Waals surface area contributed by atoms with Gasteiger partial charge in [0.15, 0.2) is 5.60 Å². The summed E-state index contributed by atoms with van der Waals surface area (Å²) in [4.78, 5) is 50.0. The number of benzene rings is 1. The number of likely N-dealkylation sites (tertiary alicyclic amines) is 1. The van der Waals surface area contributed by atoms with Crippen LogP contribution in [0.15, 0.2) is 29.6 Å². The van der Waals surface area contributed by atoms with E-state index in [0.29, 0.717) is 13.1 Å². The van der Waals surface area contributed by atoms with Crippen molar-refractivity contribution in [3.63, 3.8) is 0 Å². The molecule has 0 saturated carbocycles. The molecule has 4 rings (SSSR count). The fourth-order valence-corrected chi connectivity index (χ4v) is 5.34. The largest absolute Gasteiger partial charge is 0.481 e. The van der Waals surface area contributed by atoms with E-state index in [1.165, 1.54) is 17.1 Å². The van der Waals surface area contributed by atoms with Gasteiger partial charge in [0, 0.05) is 61.5 Å². The summed E-state index contributed by atoms with van der Waals surface area (Å²) in [5.74, 6) is -4.40. The van der Waals surface area contributed by atoms with Gasteiger partial charge in [-0.05, 0) is 36.3 Å². The number of carbonyl (C=O) groups is 4. The molecule has 1 aromatic carbocycles. The molecular formula is C25H32ClN5O8S. The molecule has 2 fully saturated rings. The SMILES string of the molecule is CN1CCN(CC(=O)N2C[C@H](c3ccc(Cl)cc3)[C@@H](c3csnn3)C2)CC1.O=C(O)CC(O)(CC(=O)O)C(=O)O. The summed E-state index contributed by atoms with van der Waals surface area (Å²) in [7, 11) is 2.13. The van der Waals surface area contributed by atoms with Crippen molar-refractivity contribution in [2.24, 2.45) is 0 Å². The lowest BCUT2D eigenvalue weighted by Crippen LogP contribution is -2.48. The van der Waals surface area contributed by atoms with Gasteiger partial charge in [0.05, 0.1) is 25.1 Å². The number of halogens is 1. The lowest BCUT2D eigenvalue weighted by molar-refractivity contribution is -0.170. The number of likely N-dealkylation sites (N-methyl/N-ethyl adjacent to an activating group) is 1. The number of carbonyl (C=O) groups excluding carboxylic acids is 1. The fraction of sp³-hybridized carbons (Fsp3) is 0.520. The summed E-state index contributed by atoms with van der Waals surface area (Å²) in [6.07, 6.45) is -2.29. The zero-order valence-electron chi connectivity index (χ0n) is 21.8. The van der Waals surface area contributed by atoms with Crippen molar-refractivity contribution in [2.45, 2.75) is 30.3 Å². The summed E-state index contributed by atoms with van der Waals surface area (Å²) in [5, 5.41) is 40.8. The molecule has 0 bridgehead atoms. The smallest absolute Gasteiger partial charge is 0.336 e. The monoisotopic (exact) mass is 597 g/mol. The number of hydrogen-bond donors (Lipinski definition) is 4. The third-order valence-corrected chi connectivity index (χ3v) is 7.74. The zero-order valence-corrected chi connectivity index (χ0v) is 23.4. The number of hydrogen-bond acceptors (Lipinski definition) is 10. The Labute approximate surface area is 239 Å². The molecule has 218 valence electrons. The highest BCUT2D eigenvalue weighted by Gasteiger charge is 2.41. The van der Waals surface area contributed by atoms with Crippen LogP contribution in [-0.4, -0.2) is 127 Å². The Hall–Kier alpha value is -3.17. The topological polar surface area (TPSA) is 185 Å². The van der Waals surface area contributed by atoms with Crippen molar-refractivity contribution in [3.8, 4) is 0 Å². The number of piperazine rings is 1. The van der Waals surface area contributed by atoms with Crippen LogP contribution >= 0.6 is 23.1 Å². The van der Waals surface area contributed by atoms with Gasteiger partial charge in [-0.25, -0.2) is 4.79 Å². The molecule has 40 heavy (non-hydrogen) atoms. The van der Waals surface area contributed by atoms with Gasteiger partial charge in [-0.1, -0.05) is 28.2 Å². The molecule has 2 atom stereocenters. The molecule has 0 spiro atoms.